The van der Waals surface area contributed by atoms with Gasteiger partial charge in [-0.05, 0) is 38.6 Å². The van der Waals surface area contributed by atoms with E-state index >= 15 is 0 Å². The first kappa shape index (κ1) is 12.0. The Kier molecular flexibility index (Phi) is 5.45. The van der Waals surface area contributed by atoms with Crippen LogP contribution in [0.1, 0.15) is 33.1 Å². The molecule has 84 valence electrons. The Balaban J connectivity index is 2.02. The standard InChI is InChI=1S/C11H24N2O/c1-9(10(2)12)7-13-8-11-5-3-4-6-14-11/h9-11,13H,3-8,12H2,1-2H3. The highest BCUT2D eigenvalue weighted by molar-refractivity contribution is 4.70. The molecule has 3 heteroatoms. The van der Waals surface area contributed by atoms with Crippen LogP contribution in [0.2, 0.25) is 0 Å². The van der Waals surface area contributed by atoms with E-state index in [1.165, 1.54) is 19.3 Å². The maximum absolute atomic E-state index is 5.78. The van der Waals surface area contributed by atoms with E-state index in [9.17, 15) is 0 Å². The molecule has 1 saturated heterocycles. The van der Waals surface area contributed by atoms with E-state index in [0.717, 1.165) is 19.7 Å². The van der Waals surface area contributed by atoms with Crippen LogP contribution in [0.15, 0.2) is 0 Å². The minimum atomic E-state index is 0.273. The summed E-state index contributed by atoms with van der Waals surface area (Å²) in [5, 5.41) is 3.43. The van der Waals surface area contributed by atoms with Gasteiger partial charge in [-0.15, -0.1) is 0 Å². The second-order valence-electron chi connectivity index (χ2n) is 4.48. The minimum Gasteiger partial charge on any atom is -0.377 e. The van der Waals surface area contributed by atoms with Gasteiger partial charge < -0.3 is 15.8 Å². The second-order valence-corrected chi connectivity index (χ2v) is 4.48. The monoisotopic (exact) mass is 200 g/mol. The van der Waals surface area contributed by atoms with Crippen molar-refractivity contribution in [3.63, 3.8) is 0 Å². The molecule has 1 heterocycles. The molecule has 1 fully saturated rings. The van der Waals surface area contributed by atoms with Crippen LogP contribution in [0, 0.1) is 5.92 Å². The fourth-order valence-electron chi connectivity index (χ4n) is 1.63. The van der Waals surface area contributed by atoms with Crippen molar-refractivity contribution in [2.24, 2.45) is 11.7 Å². The molecule has 3 N–H and O–H groups in total. The van der Waals surface area contributed by atoms with Crippen LogP contribution in [0.4, 0.5) is 0 Å². The lowest BCUT2D eigenvalue weighted by Crippen LogP contribution is -2.38. The predicted molar refractivity (Wildman–Crippen MR) is 59.3 cm³/mol. The summed E-state index contributed by atoms with van der Waals surface area (Å²) in [6, 6.07) is 0.273. The van der Waals surface area contributed by atoms with E-state index in [4.69, 9.17) is 10.5 Å². The Morgan fingerprint density at radius 3 is 2.79 bits per heavy atom. The van der Waals surface area contributed by atoms with Crippen molar-refractivity contribution in [1.82, 2.24) is 5.32 Å². The van der Waals surface area contributed by atoms with Crippen LogP contribution in [-0.2, 0) is 4.74 Å². The first-order chi connectivity index (χ1) is 6.70. The minimum absolute atomic E-state index is 0.273. The van der Waals surface area contributed by atoms with E-state index in [2.05, 4.69) is 19.2 Å². The molecule has 0 aliphatic carbocycles. The molecule has 0 radical (unpaired) electrons. The molecule has 3 nitrogen and oxygen atoms in total. The highest BCUT2D eigenvalue weighted by Gasteiger charge is 2.14. The lowest BCUT2D eigenvalue weighted by molar-refractivity contribution is 0.0165. The zero-order valence-electron chi connectivity index (χ0n) is 9.46. The van der Waals surface area contributed by atoms with Crippen molar-refractivity contribution >= 4 is 0 Å². The quantitative estimate of drug-likeness (QED) is 0.699. The molecule has 0 bridgehead atoms. The van der Waals surface area contributed by atoms with Gasteiger partial charge in [-0.2, -0.15) is 0 Å². The van der Waals surface area contributed by atoms with Crippen molar-refractivity contribution in [2.45, 2.75) is 45.3 Å². The first-order valence-corrected chi connectivity index (χ1v) is 5.78. The van der Waals surface area contributed by atoms with Gasteiger partial charge in [0.15, 0.2) is 0 Å². The average Bonchev–Trinajstić information content (AvgIpc) is 2.19. The van der Waals surface area contributed by atoms with Gasteiger partial charge in [0, 0.05) is 19.2 Å². The number of hydrogen-bond donors (Lipinski definition) is 2. The van der Waals surface area contributed by atoms with Crippen LogP contribution < -0.4 is 11.1 Å². The topological polar surface area (TPSA) is 47.3 Å². The van der Waals surface area contributed by atoms with Gasteiger partial charge in [0.25, 0.3) is 0 Å². The number of nitrogens with one attached hydrogen (secondary N) is 1. The molecule has 3 atom stereocenters. The van der Waals surface area contributed by atoms with E-state index in [1.54, 1.807) is 0 Å². The number of nitrogens with two attached hydrogens (primary N) is 1. The van der Waals surface area contributed by atoms with Gasteiger partial charge in [-0.25, -0.2) is 0 Å². The highest BCUT2D eigenvalue weighted by Crippen LogP contribution is 2.11. The summed E-state index contributed by atoms with van der Waals surface area (Å²) in [5.41, 5.74) is 5.78. The third-order valence-corrected chi connectivity index (χ3v) is 3.01. The van der Waals surface area contributed by atoms with Crippen molar-refractivity contribution in [3.8, 4) is 0 Å². The zero-order valence-corrected chi connectivity index (χ0v) is 9.46. The third-order valence-electron chi connectivity index (χ3n) is 3.01. The van der Waals surface area contributed by atoms with Gasteiger partial charge in [0.05, 0.1) is 6.10 Å². The first-order valence-electron chi connectivity index (χ1n) is 5.78. The largest absolute Gasteiger partial charge is 0.377 e. The molecule has 0 amide bonds. The summed E-state index contributed by atoms with van der Waals surface area (Å²) in [5.74, 6) is 0.540. The van der Waals surface area contributed by atoms with Crippen molar-refractivity contribution in [1.29, 1.82) is 0 Å². The van der Waals surface area contributed by atoms with Crippen LogP contribution in [0.25, 0.3) is 0 Å². The van der Waals surface area contributed by atoms with Crippen LogP contribution in [0.5, 0.6) is 0 Å². The lowest BCUT2D eigenvalue weighted by atomic mass is 10.0. The van der Waals surface area contributed by atoms with E-state index in [1.807, 2.05) is 0 Å². The van der Waals surface area contributed by atoms with Crippen molar-refractivity contribution in [2.75, 3.05) is 19.7 Å². The molecule has 0 aromatic rings. The summed E-state index contributed by atoms with van der Waals surface area (Å²) in [6.07, 6.45) is 4.19. The van der Waals surface area contributed by atoms with E-state index in [0.29, 0.717) is 12.0 Å². The summed E-state index contributed by atoms with van der Waals surface area (Å²) >= 11 is 0. The maximum Gasteiger partial charge on any atom is 0.0699 e. The second kappa shape index (κ2) is 6.38. The smallest absolute Gasteiger partial charge is 0.0699 e. The van der Waals surface area contributed by atoms with Crippen molar-refractivity contribution in [3.05, 3.63) is 0 Å². The van der Waals surface area contributed by atoms with Gasteiger partial charge in [-0.3, -0.25) is 0 Å². The van der Waals surface area contributed by atoms with E-state index in [-0.39, 0.29) is 6.04 Å². The molecule has 1 aliphatic rings. The Labute approximate surface area is 87.4 Å². The predicted octanol–water partition coefficient (Wildman–Crippen LogP) is 1.13. The fraction of sp³-hybridized carbons (Fsp3) is 1.00. The van der Waals surface area contributed by atoms with Gasteiger partial charge in [0.2, 0.25) is 0 Å². The molecular weight excluding hydrogens is 176 g/mol. The summed E-state index contributed by atoms with van der Waals surface area (Å²) in [4.78, 5) is 0. The number of ether oxygens (including phenoxy) is 1. The molecule has 1 rings (SSSR count). The molecule has 0 saturated carbocycles. The maximum atomic E-state index is 5.78. The Hall–Kier alpha value is -0.120. The van der Waals surface area contributed by atoms with Crippen LogP contribution >= 0.6 is 0 Å². The van der Waals surface area contributed by atoms with Gasteiger partial charge >= 0.3 is 0 Å². The zero-order chi connectivity index (χ0) is 10.4. The molecule has 0 aromatic heterocycles. The number of rotatable bonds is 5. The van der Waals surface area contributed by atoms with E-state index < -0.39 is 0 Å². The third kappa shape index (κ3) is 4.40. The van der Waals surface area contributed by atoms with Crippen LogP contribution in [-0.4, -0.2) is 31.8 Å². The van der Waals surface area contributed by atoms with Crippen LogP contribution in [0.3, 0.4) is 0 Å². The van der Waals surface area contributed by atoms with Gasteiger partial charge in [-0.1, -0.05) is 6.92 Å². The molecule has 1 aliphatic heterocycles. The number of hydrogen-bond acceptors (Lipinski definition) is 3. The molecular formula is C11H24N2O. The molecule has 0 aromatic carbocycles. The normalized spacial score (nSPS) is 27.2. The highest BCUT2D eigenvalue weighted by atomic mass is 16.5. The average molecular weight is 200 g/mol. The van der Waals surface area contributed by atoms with Gasteiger partial charge in [0.1, 0.15) is 0 Å². The van der Waals surface area contributed by atoms with Crippen molar-refractivity contribution < 1.29 is 4.74 Å². The fourth-order valence-corrected chi connectivity index (χ4v) is 1.63. The Morgan fingerprint density at radius 2 is 2.21 bits per heavy atom. The summed E-state index contributed by atoms with van der Waals surface area (Å²) in [6.45, 7) is 7.16. The summed E-state index contributed by atoms with van der Waals surface area (Å²) in [7, 11) is 0. The molecule has 3 unspecified atom stereocenters. The Bertz CT molecular complexity index is 144. The molecule has 14 heavy (non-hydrogen) atoms. The SMILES string of the molecule is CC(N)C(C)CNCC1CCCCO1. The lowest BCUT2D eigenvalue weighted by Gasteiger charge is -2.24. The Morgan fingerprint density at radius 1 is 1.43 bits per heavy atom. The summed E-state index contributed by atoms with van der Waals surface area (Å²) < 4.78 is 5.63. The molecule has 0 spiro atoms.